The van der Waals surface area contributed by atoms with Crippen molar-refractivity contribution in [1.82, 2.24) is 0 Å². The summed E-state index contributed by atoms with van der Waals surface area (Å²) < 4.78 is 5.91. The highest BCUT2D eigenvalue weighted by Gasteiger charge is 2.35. The van der Waals surface area contributed by atoms with Crippen molar-refractivity contribution in [2.75, 3.05) is 6.61 Å². The van der Waals surface area contributed by atoms with Crippen molar-refractivity contribution in [3.63, 3.8) is 0 Å². The lowest BCUT2D eigenvalue weighted by atomic mass is 9.85. The molecule has 4 N–H and O–H groups in total. The molecule has 1 aliphatic rings. The van der Waals surface area contributed by atoms with Crippen molar-refractivity contribution in [1.29, 1.82) is 0 Å². The van der Waals surface area contributed by atoms with Crippen LogP contribution in [0.25, 0.3) is 0 Å². The summed E-state index contributed by atoms with van der Waals surface area (Å²) >= 11 is 0. The molecule has 31 heavy (non-hydrogen) atoms. The quantitative estimate of drug-likeness (QED) is 0.519. The van der Waals surface area contributed by atoms with E-state index < -0.39 is 12.0 Å². The predicted molar refractivity (Wildman–Crippen MR) is 118 cm³/mol. The normalized spacial score (nSPS) is 16.3. The Morgan fingerprint density at radius 2 is 1.94 bits per heavy atom. The van der Waals surface area contributed by atoms with Crippen molar-refractivity contribution in [2.24, 2.45) is 0 Å². The van der Waals surface area contributed by atoms with Crippen LogP contribution in [0.3, 0.4) is 0 Å². The van der Waals surface area contributed by atoms with Gasteiger partial charge in [-0.05, 0) is 44.9 Å². The molecule has 6 heteroatoms. The number of hydrogen-bond acceptors (Lipinski definition) is 6. The van der Waals surface area contributed by atoms with Crippen LogP contribution in [0.15, 0.2) is 48.1 Å². The zero-order valence-corrected chi connectivity index (χ0v) is 18.0. The van der Waals surface area contributed by atoms with Crippen molar-refractivity contribution in [3.05, 3.63) is 70.3 Å². The van der Waals surface area contributed by atoms with Crippen molar-refractivity contribution in [2.45, 2.75) is 45.6 Å². The van der Waals surface area contributed by atoms with Gasteiger partial charge in [0.05, 0.1) is 17.6 Å². The summed E-state index contributed by atoms with van der Waals surface area (Å²) in [5.41, 5.74) is 3.17. The molecule has 164 valence electrons. The van der Waals surface area contributed by atoms with Crippen LogP contribution in [0.1, 0.15) is 53.7 Å². The summed E-state index contributed by atoms with van der Waals surface area (Å²) in [4.78, 5) is 13.4. The Kier molecular flexibility index (Phi) is 6.41. The number of benzene rings is 2. The Bertz CT molecular complexity index is 1060. The molecule has 0 saturated heterocycles. The van der Waals surface area contributed by atoms with Crippen LogP contribution in [0.2, 0.25) is 0 Å². The molecule has 0 amide bonds. The maximum absolute atomic E-state index is 13.4. The van der Waals surface area contributed by atoms with E-state index in [1.165, 1.54) is 18.2 Å². The van der Waals surface area contributed by atoms with E-state index in [9.17, 15) is 25.2 Å². The molecule has 0 bridgehead atoms. The SMILES string of the molecule is C=C(C)C(O)Cc1c(O)c(CC=C(C)C)cc2c1OCC(c1ccc(O)cc1O)C2=O. The van der Waals surface area contributed by atoms with Gasteiger partial charge in [-0.15, -0.1) is 0 Å². The fourth-order valence-electron chi connectivity index (χ4n) is 3.63. The summed E-state index contributed by atoms with van der Waals surface area (Å²) in [5, 5.41) is 41.0. The number of rotatable bonds is 6. The summed E-state index contributed by atoms with van der Waals surface area (Å²) in [6, 6.07) is 5.71. The fourth-order valence-corrected chi connectivity index (χ4v) is 3.63. The number of fused-ring (bicyclic) bond motifs is 1. The van der Waals surface area contributed by atoms with Gasteiger partial charge in [0.1, 0.15) is 29.6 Å². The Hall–Kier alpha value is -3.25. The molecule has 2 atom stereocenters. The Morgan fingerprint density at radius 3 is 2.55 bits per heavy atom. The average Bonchev–Trinajstić information content (AvgIpc) is 2.69. The number of aromatic hydroxyl groups is 3. The number of allylic oxidation sites excluding steroid dienone is 2. The Labute approximate surface area is 181 Å². The van der Waals surface area contributed by atoms with Crippen molar-refractivity contribution in [3.8, 4) is 23.0 Å². The van der Waals surface area contributed by atoms with Gasteiger partial charge >= 0.3 is 0 Å². The molecule has 6 nitrogen and oxygen atoms in total. The molecule has 3 rings (SSSR count). The summed E-state index contributed by atoms with van der Waals surface area (Å²) in [7, 11) is 0. The lowest BCUT2D eigenvalue weighted by molar-refractivity contribution is 0.0891. The van der Waals surface area contributed by atoms with E-state index in [4.69, 9.17) is 4.74 Å². The largest absolute Gasteiger partial charge is 0.508 e. The van der Waals surface area contributed by atoms with E-state index in [1.807, 2.05) is 19.9 Å². The van der Waals surface area contributed by atoms with Gasteiger partial charge in [0, 0.05) is 23.6 Å². The lowest BCUT2D eigenvalue weighted by Gasteiger charge is -2.28. The first-order chi connectivity index (χ1) is 14.6. The average molecular weight is 424 g/mol. The van der Waals surface area contributed by atoms with E-state index in [0.29, 0.717) is 34.2 Å². The minimum Gasteiger partial charge on any atom is -0.508 e. The highest BCUT2D eigenvalue weighted by Crippen LogP contribution is 2.43. The number of phenols is 3. The summed E-state index contributed by atoms with van der Waals surface area (Å²) in [5.74, 6) is -1.06. The first-order valence-corrected chi connectivity index (χ1v) is 10.1. The first kappa shape index (κ1) is 22.4. The maximum atomic E-state index is 13.4. The van der Waals surface area contributed by atoms with Gasteiger partial charge in [0.25, 0.3) is 0 Å². The zero-order chi connectivity index (χ0) is 22.9. The van der Waals surface area contributed by atoms with Crippen LogP contribution in [0.4, 0.5) is 0 Å². The summed E-state index contributed by atoms with van der Waals surface area (Å²) in [6.07, 6.45) is 1.53. The van der Waals surface area contributed by atoms with Gasteiger partial charge in [-0.1, -0.05) is 29.9 Å². The molecular formula is C25H28O6. The van der Waals surface area contributed by atoms with Gasteiger partial charge < -0.3 is 25.2 Å². The first-order valence-electron chi connectivity index (χ1n) is 10.1. The number of hydrogen-bond donors (Lipinski definition) is 4. The molecule has 1 aliphatic heterocycles. The number of phenolic OH excluding ortho intramolecular Hbond substituents is 3. The second-order valence-electron chi connectivity index (χ2n) is 8.26. The number of aliphatic hydroxyl groups is 1. The molecule has 2 aromatic carbocycles. The molecule has 0 aromatic heterocycles. The van der Waals surface area contributed by atoms with Crippen LogP contribution >= 0.6 is 0 Å². The van der Waals surface area contributed by atoms with E-state index in [2.05, 4.69) is 6.58 Å². The Balaban J connectivity index is 2.11. The van der Waals surface area contributed by atoms with Crippen LogP contribution in [0.5, 0.6) is 23.0 Å². The molecule has 0 spiro atoms. The van der Waals surface area contributed by atoms with Gasteiger partial charge in [-0.25, -0.2) is 0 Å². The van der Waals surface area contributed by atoms with Gasteiger partial charge in [0.2, 0.25) is 0 Å². The lowest BCUT2D eigenvalue weighted by Crippen LogP contribution is -2.28. The molecule has 2 unspecified atom stereocenters. The van der Waals surface area contributed by atoms with Crippen LogP contribution in [-0.4, -0.2) is 38.9 Å². The smallest absolute Gasteiger partial charge is 0.177 e. The minimum atomic E-state index is -0.897. The van der Waals surface area contributed by atoms with Crippen LogP contribution in [0, 0.1) is 0 Å². The number of Topliss-reactive ketones (excluding diaryl/α,β-unsaturated/α-hetero) is 1. The van der Waals surface area contributed by atoms with E-state index >= 15 is 0 Å². The van der Waals surface area contributed by atoms with Gasteiger partial charge in [0.15, 0.2) is 5.78 Å². The highest BCUT2D eigenvalue weighted by atomic mass is 16.5. The number of ketones is 1. The van der Waals surface area contributed by atoms with Crippen LogP contribution < -0.4 is 4.74 Å². The third-order valence-electron chi connectivity index (χ3n) is 5.49. The molecule has 0 radical (unpaired) electrons. The zero-order valence-electron chi connectivity index (χ0n) is 18.0. The highest BCUT2D eigenvalue weighted by molar-refractivity contribution is 6.05. The van der Waals surface area contributed by atoms with E-state index in [-0.39, 0.29) is 41.8 Å². The standard InChI is InChI=1S/C25H28O6/c1-13(2)5-6-15-9-18-24(30)20(17-8-7-16(26)10-22(17)28)12-31-25(18)19(23(15)29)11-21(27)14(3)4/h5,7-10,20-21,26-29H,3,6,11-12H2,1-2,4H3. The monoisotopic (exact) mass is 424 g/mol. The topological polar surface area (TPSA) is 107 Å². The van der Waals surface area contributed by atoms with E-state index in [0.717, 1.165) is 5.57 Å². The van der Waals surface area contributed by atoms with Crippen molar-refractivity contribution >= 4 is 5.78 Å². The molecule has 0 fully saturated rings. The second kappa shape index (κ2) is 8.86. The Morgan fingerprint density at radius 1 is 1.23 bits per heavy atom. The molecule has 0 saturated carbocycles. The van der Waals surface area contributed by atoms with Crippen LogP contribution in [-0.2, 0) is 12.8 Å². The molecule has 2 aromatic rings. The maximum Gasteiger partial charge on any atom is 0.177 e. The van der Waals surface area contributed by atoms with Gasteiger partial charge in [-0.2, -0.15) is 0 Å². The number of carbonyl (C=O) groups is 1. The molecule has 1 heterocycles. The molecule has 0 aliphatic carbocycles. The number of carbonyl (C=O) groups excluding carboxylic acids is 1. The van der Waals surface area contributed by atoms with Gasteiger partial charge in [-0.3, -0.25) is 4.79 Å². The number of aliphatic hydroxyl groups excluding tert-OH is 1. The fraction of sp³-hybridized carbons (Fsp3) is 0.320. The summed E-state index contributed by atoms with van der Waals surface area (Å²) in [6.45, 7) is 9.31. The third-order valence-corrected chi connectivity index (χ3v) is 5.49. The minimum absolute atomic E-state index is 0.00437. The third kappa shape index (κ3) is 4.59. The number of ether oxygens (including phenoxy) is 1. The van der Waals surface area contributed by atoms with Crippen molar-refractivity contribution < 1.29 is 30.0 Å². The predicted octanol–water partition coefficient (Wildman–Crippen LogP) is 4.15. The second-order valence-corrected chi connectivity index (χ2v) is 8.26. The van der Waals surface area contributed by atoms with E-state index in [1.54, 1.807) is 13.0 Å². The molecular weight excluding hydrogens is 396 g/mol.